The second-order valence-electron chi connectivity index (χ2n) is 7.95. The van der Waals surface area contributed by atoms with Crippen LogP contribution in [0.4, 0.5) is 10.5 Å². The predicted octanol–water partition coefficient (Wildman–Crippen LogP) is 2.88. The van der Waals surface area contributed by atoms with Crippen molar-refractivity contribution in [3.63, 3.8) is 0 Å². The van der Waals surface area contributed by atoms with Crippen LogP contribution in [0.3, 0.4) is 0 Å². The Morgan fingerprint density at radius 2 is 1.74 bits per heavy atom. The zero-order valence-corrected chi connectivity index (χ0v) is 17.5. The van der Waals surface area contributed by atoms with Gasteiger partial charge in [0.25, 0.3) is 11.6 Å². The molecule has 2 aromatic carbocycles. The van der Waals surface area contributed by atoms with Gasteiger partial charge in [-0.1, -0.05) is 44.2 Å². The van der Waals surface area contributed by atoms with Gasteiger partial charge in [0.15, 0.2) is 0 Å². The van der Waals surface area contributed by atoms with Crippen LogP contribution < -0.4 is 10.6 Å². The SMILES string of the molecule is CC(C)C(NC(=O)CN1C(=O)NC(C)(c2ccc([N+](=O)[O-])cc2)C1=O)c1ccccc1. The molecule has 1 aliphatic heterocycles. The minimum absolute atomic E-state index is 0.0971. The van der Waals surface area contributed by atoms with Gasteiger partial charge in [-0.15, -0.1) is 0 Å². The van der Waals surface area contributed by atoms with Gasteiger partial charge in [0, 0.05) is 12.1 Å². The van der Waals surface area contributed by atoms with Crippen LogP contribution in [0.25, 0.3) is 0 Å². The molecule has 0 saturated carbocycles. The van der Waals surface area contributed by atoms with Crippen molar-refractivity contribution in [2.24, 2.45) is 5.92 Å². The van der Waals surface area contributed by atoms with Crippen molar-refractivity contribution in [2.45, 2.75) is 32.4 Å². The highest BCUT2D eigenvalue weighted by molar-refractivity contribution is 6.09. The van der Waals surface area contributed by atoms with Crippen LogP contribution in [0.15, 0.2) is 54.6 Å². The molecule has 2 aromatic rings. The molecule has 2 N–H and O–H groups in total. The minimum atomic E-state index is -1.41. The van der Waals surface area contributed by atoms with Gasteiger partial charge in [-0.05, 0) is 36.1 Å². The Labute approximate surface area is 179 Å². The lowest BCUT2D eigenvalue weighted by Crippen LogP contribution is -2.44. The maximum atomic E-state index is 13.0. The van der Waals surface area contributed by atoms with E-state index in [0.717, 1.165) is 10.5 Å². The van der Waals surface area contributed by atoms with Crippen LogP contribution in [0, 0.1) is 16.0 Å². The van der Waals surface area contributed by atoms with E-state index in [1.165, 1.54) is 31.2 Å². The first-order valence-electron chi connectivity index (χ1n) is 9.87. The Morgan fingerprint density at radius 3 is 2.29 bits per heavy atom. The molecule has 31 heavy (non-hydrogen) atoms. The van der Waals surface area contributed by atoms with E-state index in [-0.39, 0.29) is 17.6 Å². The van der Waals surface area contributed by atoms with E-state index in [9.17, 15) is 24.5 Å². The largest absolute Gasteiger partial charge is 0.347 e. The van der Waals surface area contributed by atoms with Crippen molar-refractivity contribution < 1.29 is 19.3 Å². The second-order valence-corrected chi connectivity index (χ2v) is 7.95. The summed E-state index contributed by atoms with van der Waals surface area (Å²) in [7, 11) is 0. The third-order valence-corrected chi connectivity index (χ3v) is 5.37. The van der Waals surface area contributed by atoms with Gasteiger partial charge in [-0.3, -0.25) is 24.6 Å². The minimum Gasteiger partial charge on any atom is -0.347 e. The molecule has 1 heterocycles. The number of nitro benzene ring substituents is 1. The fourth-order valence-electron chi connectivity index (χ4n) is 3.61. The van der Waals surface area contributed by atoms with Crippen LogP contribution in [-0.4, -0.2) is 34.2 Å². The molecule has 2 unspecified atom stereocenters. The molecule has 9 heteroatoms. The van der Waals surface area contributed by atoms with Crippen molar-refractivity contribution >= 4 is 23.5 Å². The smallest absolute Gasteiger partial charge is 0.325 e. The molecule has 0 radical (unpaired) electrons. The molecule has 9 nitrogen and oxygen atoms in total. The lowest BCUT2D eigenvalue weighted by molar-refractivity contribution is -0.384. The number of rotatable bonds is 7. The number of hydrogen-bond acceptors (Lipinski definition) is 5. The van der Waals surface area contributed by atoms with E-state index >= 15 is 0 Å². The zero-order valence-electron chi connectivity index (χ0n) is 17.5. The summed E-state index contributed by atoms with van der Waals surface area (Å²) in [6.07, 6.45) is 0. The highest BCUT2D eigenvalue weighted by atomic mass is 16.6. The summed E-state index contributed by atoms with van der Waals surface area (Å²) in [6.45, 7) is 5.02. The lowest BCUT2D eigenvalue weighted by Gasteiger charge is -2.24. The summed E-state index contributed by atoms with van der Waals surface area (Å²) < 4.78 is 0. The third kappa shape index (κ3) is 4.40. The molecule has 3 rings (SSSR count). The van der Waals surface area contributed by atoms with Gasteiger partial charge in [0.1, 0.15) is 12.1 Å². The summed E-state index contributed by atoms with van der Waals surface area (Å²) in [4.78, 5) is 49.3. The average Bonchev–Trinajstić information content (AvgIpc) is 2.96. The first-order valence-corrected chi connectivity index (χ1v) is 9.87. The predicted molar refractivity (Wildman–Crippen MR) is 113 cm³/mol. The molecule has 0 aliphatic carbocycles. The fraction of sp³-hybridized carbons (Fsp3) is 0.318. The number of nitrogens with zero attached hydrogens (tertiary/aromatic N) is 2. The van der Waals surface area contributed by atoms with E-state index in [2.05, 4.69) is 10.6 Å². The Bertz CT molecular complexity index is 1010. The molecule has 162 valence electrons. The molecule has 2 atom stereocenters. The van der Waals surface area contributed by atoms with Gasteiger partial charge < -0.3 is 10.6 Å². The molecule has 1 saturated heterocycles. The van der Waals surface area contributed by atoms with Gasteiger partial charge >= 0.3 is 6.03 Å². The summed E-state index contributed by atoms with van der Waals surface area (Å²) >= 11 is 0. The number of non-ortho nitro benzene ring substituents is 1. The number of imide groups is 1. The lowest BCUT2D eigenvalue weighted by atomic mass is 9.92. The van der Waals surface area contributed by atoms with Crippen LogP contribution in [0.2, 0.25) is 0 Å². The van der Waals surface area contributed by atoms with Crippen molar-refractivity contribution in [3.05, 3.63) is 75.8 Å². The Kier molecular flexibility index (Phi) is 6.05. The van der Waals surface area contributed by atoms with Gasteiger partial charge in [-0.25, -0.2) is 4.79 Å². The van der Waals surface area contributed by atoms with Gasteiger partial charge in [0.2, 0.25) is 5.91 Å². The topological polar surface area (TPSA) is 122 Å². The number of hydrogen-bond donors (Lipinski definition) is 2. The monoisotopic (exact) mass is 424 g/mol. The van der Waals surface area contributed by atoms with Gasteiger partial charge in [-0.2, -0.15) is 0 Å². The number of nitrogens with one attached hydrogen (secondary N) is 2. The summed E-state index contributed by atoms with van der Waals surface area (Å²) in [5.41, 5.74) is -0.216. The van der Waals surface area contributed by atoms with E-state index in [1.807, 2.05) is 44.2 Å². The maximum absolute atomic E-state index is 13.0. The Morgan fingerprint density at radius 1 is 1.13 bits per heavy atom. The van der Waals surface area contributed by atoms with Crippen LogP contribution in [0.1, 0.15) is 37.9 Å². The Balaban J connectivity index is 1.74. The van der Waals surface area contributed by atoms with E-state index in [0.29, 0.717) is 5.56 Å². The first-order chi connectivity index (χ1) is 14.6. The molecule has 1 fully saturated rings. The number of benzene rings is 2. The Hall–Kier alpha value is -3.75. The van der Waals surface area contributed by atoms with Crippen molar-refractivity contribution in [3.8, 4) is 0 Å². The van der Waals surface area contributed by atoms with E-state index in [4.69, 9.17) is 0 Å². The molecular formula is C22H24N4O5. The number of urea groups is 1. The normalized spacial score (nSPS) is 19.3. The van der Waals surface area contributed by atoms with Crippen molar-refractivity contribution in [1.29, 1.82) is 0 Å². The highest BCUT2D eigenvalue weighted by Gasteiger charge is 2.49. The fourth-order valence-corrected chi connectivity index (χ4v) is 3.61. The van der Waals surface area contributed by atoms with Crippen molar-refractivity contribution in [2.75, 3.05) is 6.54 Å². The summed E-state index contributed by atoms with van der Waals surface area (Å²) in [5.74, 6) is -0.957. The van der Waals surface area contributed by atoms with Gasteiger partial charge in [0.05, 0.1) is 11.0 Å². The summed E-state index contributed by atoms with van der Waals surface area (Å²) in [6, 6.07) is 13.9. The summed E-state index contributed by atoms with van der Waals surface area (Å²) in [5, 5.41) is 16.4. The van der Waals surface area contributed by atoms with E-state index in [1.54, 1.807) is 0 Å². The average molecular weight is 424 g/mol. The molecule has 0 spiro atoms. The standard InChI is InChI=1S/C22H24N4O5/c1-14(2)19(15-7-5-4-6-8-15)23-18(27)13-25-20(28)22(3,24-21(25)29)16-9-11-17(12-10-16)26(30)31/h4-12,14,19H,13H2,1-3H3,(H,23,27)(H,24,29). The van der Waals surface area contributed by atoms with E-state index < -0.39 is 34.9 Å². The highest BCUT2D eigenvalue weighted by Crippen LogP contribution is 2.30. The zero-order chi connectivity index (χ0) is 22.8. The van der Waals surface area contributed by atoms with Crippen LogP contribution >= 0.6 is 0 Å². The van der Waals surface area contributed by atoms with Crippen molar-refractivity contribution in [1.82, 2.24) is 15.5 Å². The first kappa shape index (κ1) is 21.9. The number of amides is 4. The molecular weight excluding hydrogens is 400 g/mol. The third-order valence-electron chi connectivity index (χ3n) is 5.37. The molecule has 0 aromatic heterocycles. The quantitative estimate of drug-likeness (QED) is 0.402. The van der Waals surface area contributed by atoms with Crippen LogP contribution in [-0.2, 0) is 15.1 Å². The molecule has 1 aliphatic rings. The number of nitro groups is 1. The second kappa shape index (κ2) is 8.55. The van der Waals surface area contributed by atoms with Crippen LogP contribution in [0.5, 0.6) is 0 Å². The number of carbonyl (C=O) groups is 3. The molecule has 0 bridgehead atoms. The maximum Gasteiger partial charge on any atom is 0.325 e. The molecule has 4 amide bonds. The number of carbonyl (C=O) groups excluding carboxylic acids is 3.